The molecule has 0 aliphatic carbocycles. The normalized spacial score (nSPS) is 31.4. The van der Waals surface area contributed by atoms with Gasteiger partial charge in [0.15, 0.2) is 0 Å². The van der Waals surface area contributed by atoms with Crippen LogP contribution in [0.15, 0.2) is 0 Å². The first-order valence-electron chi connectivity index (χ1n) is 5.01. The zero-order valence-electron chi connectivity index (χ0n) is 8.72. The molecule has 11 heavy (non-hydrogen) atoms. The molecule has 1 fully saturated rings. The van der Waals surface area contributed by atoms with Gasteiger partial charge in [0.1, 0.15) is 0 Å². The largest absolute Gasteiger partial charge is 0.298 e. The molecular weight excluding hydrogens is 134 g/mol. The van der Waals surface area contributed by atoms with E-state index in [0.717, 1.165) is 12.1 Å². The predicted octanol–water partition coefficient (Wildman–Crippen LogP) is 2.91. The highest BCUT2D eigenvalue weighted by Gasteiger charge is 2.24. The number of nitrogens with zero attached hydrogens (tertiary/aromatic N) is 1. The van der Waals surface area contributed by atoms with Crippen molar-refractivity contribution < 1.29 is 0 Å². The molecule has 0 spiro atoms. The van der Waals surface area contributed by atoms with Gasteiger partial charge in [-0.3, -0.25) is 4.90 Å². The summed E-state index contributed by atoms with van der Waals surface area (Å²) in [4.78, 5) is 2.57. The maximum atomic E-state index is 2.57. The van der Waals surface area contributed by atoms with E-state index in [-0.39, 0.29) is 0 Å². The van der Waals surface area contributed by atoms with E-state index in [9.17, 15) is 0 Å². The van der Waals surface area contributed by atoms with Crippen LogP contribution in [-0.4, -0.2) is 23.5 Å². The van der Waals surface area contributed by atoms with Gasteiger partial charge in [0, 0.05) is 12.1 Å². The third kappa shape index (κ3) is 2.82. The lowest BCUT2D eigenvalue weighted by Crippen LogP contribution is -2.32. The lowest BCUT2D eigenvalue weighted by molar-refractivity contribution is 0.226. The first-order chi connectivity index (χ1) is 5.25. The van der Waals surface area contributed by atoms with Gasteiger partial charge in [-0.25, -0.2) is 0 Å². The van der Waals surface area contributed by atoms with Crippen LogP contribution in [0.4, 0.5) is 0 Å². The molecule has 2 unspecified atom stereocenters. The fraction of sp³-hybridized carbons (Fsp3) is 1.00. The van der Waals surface area contributed by atoms with Crippen molar-refractivity contribution in [2.24, 2.45) is 0 Å². The summed E-state index contributed by atoms with van der Waals surface area (Å²) in [7, 11) is 0. The summed E-state index contributed by atoms with van der Waals surface area (Å²) in [6.45, 7) is 12.1. The molecule has 1 rings (SSSR count). The second-order valence-corrected chi connectivity index (χ2v) is 3.11. The first-order valence-corrected chi connectivity index (χ1v) is 5.01. The highest BCUT2D eigenvalue weighted by Crippen LogP contribution is 2.22. The molecular formula is C10H23N. The summed E-state index contributed by atoms with van der Waals surface area (Å²) in [5, 5.41) is 0. The fourth-order valence-corrected chi connectivity index (χ4v) is 1.87. The summed E-state index contributed by atoms with van der Waals surface area (Å²) >= 11 is 0. The fourth-order valence-electron chi connectivity index (χ4n) is 1.87. The van der Waals surface area contributed by atoms with Gasteiger partial charge < -0.3 is 0 Å². The van der Waals surface area contributed by atoms with E-state index in [2.05, 4.69) is 25.7 Å². The Labute approximate surface area is 71.8 Å². The van der Waals surface area contributed by atoms with E-state index in [1.165, 1.54) is 19.4 Å². The van der Waals surface area contributed by atoms with Crippen LogP contribution in [0.2, 0.25) is 0 Å². The molecule has 0 aromatic rings. The van der Waals surface area contributed by atoms with Crippen LogP contribution in [0.1, 0.15) is 47.5 Å². The molecule has 0 radical (unpaired) electrons. The van der Waals surface area contributed by atoms with Crippen LogP contribution in [0.3, 0.4) is 0 Å². The molecule has 0 aromatic heterocycles. The molecule has 0 bridgehead atoms. The van der Waals surface area contributed by atoms with Crippen LogP contribution in [0.5, 0.6) is 0 Å². The van der Waals surface area contributed by atoms with Gasteiger partial charge in [-0.15, -0.1) is 0 Å². The van der Waals surface area contributed by atoms with Crippen molar-refractivity contribution in [3.8, 4) is 0 Å². The van der Waals surface area contributed by atoms with Crippen molar-refractivity contribution in [1.29, 1.82) is 0 Å². The lowest BCUT2D eigenvalue weighted by atomic mass is 10.2. The zero-order chi connectivity index (χ0) is 8.85. The predicted molar refractivity (Wildman–Crippen MR) is 51.9 cm³/mol. The van der Waals surface area contributed by atoms with Crippen molar-refractivity contribution in [2.45, 2.75) is 59.5 Å². The van der Waals surface area contributed by atoms with Gasteiger partial charge in [0.25, 0.3) is 0 Å². The molecule has 1 saturated heterocycles. The summed E-state index contributed by atoms with van der Waals surface area (Å²) < 4.78 is 0. The lowest BCUT2D eigenvalue weighted by Gasteiger charge is -2.23. The second kappa shape index (κ2) is 5.59. The smallest absolute Gasteiger partial charge is 0.00702 e. The molecule has 1 aliphatic heterocycles. The maximum Gasteiger partial charge on any atom is 0.00702 e. The highest BCUT2D eigenvalue weighted by molar-refractivity contribution is 4.80. The Morgan fingerprint density at radius 1 is 1.09 bits per heavy atom. The van der Waals surface area contributed by atoms with Gasteiger partial charge in [-0.1, -0.05) is 20.8 Å². The third-order valence-electron chi connectivity index (χ3n) is 2.50. The van der Waals surface area contributed by atoms with E-state index < -0.39 is 0 Å². The monoisotopic (exact) mass is 157 g/mol. The standard InChI is InChI=1S/C8H17N.C2H6/c1-4-9-7(2)5-6-8(9)3;1-2/h7-8H,4-6H2,1-3H3;1-2H3. The van der Waals surface area contributed by atoms with Crippen LogP contribution in [-0.2, 0) is 0 Å². The maximum absolute atomic E-state index is 2.57. The van der Waals surface area contributed by atoms with Crippen LogP contribution < -0.4 is 0 Å². The van der Waals surface area contributed by atoms with E-state index in [4.69, 9.17) is 0 Å². The SMILES string of the molecule is CC.CCN1C(C)CCC1C. The summed E-state index contributed by atoms with van der Waals surface area (Å²) in [5.74, 6) is 0. The van der Waals surface area contributed by atoms with Crippen molar-refractivity contribution in [2.75, 3.05) is 6.54 Å². The molecule has 0 amide bonds. The summed E-state index contributed by atoms with van der Waals surface area (Å²) in [6.07, 6.45) is 2.80. The van der Waals surface area contributed by atoms with Crippen molar-refractivity contribution in [3.63, 3.8) is 0 Å². The molecule has 1 heterocycles. The molecule has 0 aromatic carbocycles. The van der Waals surface area contributed by atoms with Crippen molar-refractivity contribution in [3.05, 3.63) is 0 Å². The molecule has 68 valence electrons. The Balaban J connectivity index is 0.000000461. The minimum Gasteiger partial charge on any atom is -0.298 e. The summed E-state index contributed by atoms with van der Waals surface area (Å²) in [5.41, 5.74) is 0. The molecule has 0 N–H and O–H groups in total. The van der Waals surface area contributed by atoms with Crippen LogP contribution >= 0.6 is 0 Å². The van der Waals surface area contributed by atoms with Crippen LogP contribution in [0.25, 0.3) is 0 Å². The quantitative estimate of drug-likeness (QED) is 0.565. The van der Waals surface area contributed by atoms with E-state index in [1.807, 2.05) is 13.8 Å². The Bertz CT molecular complexity index is 80.9. The van der Waals surface area contributed by atoms with Gasteiger partial charge >= 0.3 is 0 Å². The molecule has 1 aliphatic rings. The molecule has 1 heteroatoms. The van der Waals surface area contributed by atoms with Gasteiger partial charge in [-0.05, 0) is 33.2 Å². The Kier molecular flexibility index (Phi) is 5.57. The van der Waals surface area contributed by atoms with Gasteiger partial charge in [0.2, 0.25) is 0 Å². The number of likely N-dealkylation sites (tertiary alicyclic amines) is 1. The van der Waals surface area contributed by atoms with Crippen molar-refractivity contribution in [1.82, 2.24) is 4.90 Å². The van der Waals surface area contributed by atoms with Gasteiger partial charge in [-0.2, -0.15) is 0 Å². The minimum atomic E-state index is 0.838. The van der Waals surface area contributed by atoms with E-state index in [0.29, 0.717) is 0 Å². The Morgan fingerprint density at radius 2 is 1.45 bits per heavy atom. The number of hydrogen-bond acceptors (Lipinski definition) is 1. The average Bonchev–Trinajstić information content (AvgIpc) is 2.35. The molecule has 2 atom stereocenters. The summed E-state index contributed by atoms with van der Waals surface area (Å²) in [6, 6.07) is 1.68. The number of hydrogen-bond donors (Lipinski definition) is 0. The van der Waals surface area contributed by atoms with Gasteiger partial charge in [0.05, 0.1) is 0 Å². The second-order valence-electron chi connectivity index (χ2n) is 3.11. The Morgan fingerprint density at radius 3 is 1.64 bits per heavy atom. The van der Waals surface area contributed by atoms with Crippen molar-refractivity contribution >= 4 is 0 Å². The minimum absolute atomic E-state index is 0.838. The number of rotatable bonds is 1. The molecule has 0 saturated carbocycles. The van der Waals surface area contributed by atoms with Crippen LogP contribution in [0, 0.1) is 0 Å². The van der Waals surface area contributed by atoms with E-state index >= 15 is 0 Å². The zero-order valence-corrected chi connectivity index (χ0v) is 8.72. The first kappa shape index (κ1) is 11.0. The highest BCUT2D eigenvalue weighted by atomic mass is 15.2. The third-order valence-corrected chi connectivity index (χ3v) is 2.50. The average molecular weight is 157 g/mol. The molecule has 1 nitrogen and oxygen atoms in total. The van der Waals surface area contributed by atoms with E-state index in [1.54, 1.807) is 0 Å². The Hall–Kier alpha value is -0.0400. The topological polar surface area (TPSA) is 3.24 Å².